The fourth-order valence-electron chi connectivity index (χ4n) is 2.86. The lowest BCUT2D eigenvalue weighted by Crippen LogP contribution is -2.12. The Labute approximate surface area is 154 Å². The third kappa shape index (κ3) is 3.76. The molecular weight excluding hydrogens is 346 g/mol. The highest BCUT2D eigenvalue weighted by Gasteiger charge is 2.26. The maximum absolute atomic E-state index is 11.9. The number of hydrogen-bond donors (Lipinski definition) is 1. The van der Waals surface area contributed by atoms with E-state index >= 15 is 0 Å². The maximum Gasteiger partial charge on any atom is 0.315 e. The number of hydrogen-bond acceptors (Lipinski definition) is 5. The monoisotopic (exact) mass is 361 g/mol. The summed E-state index contributed by atoms with van der Waals surface area (Å²) in [5.74, 6) is -1.71. The number of ketones is 1. The minimum atomic E-state index is -1.09. The zero-order chi connectivity index (χ0) is 19.4. The number of aliphatic carboxylic acids is 1. The Morgan fingerprint density at radius 1 is 1.11 bits per heavy atom. The molecule has 0 radical (unpaired) electrons. The van der Waals surface area contributed by atoms with Crippen molar-refractivity contribution in [1.29, 1.82) is 0 Å². The molecule has 1 aromatic heterocycles. The van der Waals surface area contributed by atoms with Gasteiger partial charge in [-0.3, -0.25) is 9.59 Å². The topological polar surface area (TPSA) is 96.9 Å². The molecule has 0 amide bonds. The van der Waals surface area contributed by atoms with Gasteiger partial charge in [-0.15, -0.1) is 0 Å². The van der Waals surface area contributed by atoms with Crippen LogP contribution in [0.4, 0.5) is 5.69 Å². The highest BCUT2D eigenvalue weighted by atomic mass is 16.4. The van der Waals surface area contributed by atoms with Gasteiger partial charge in [0.2, 0.25) is 6.08 Å². The smallest absolute Gasteiger partial charge is 0.315 e. The van der Waals surface area contributed by atoms with Gasteiger partial charge >= 0.3 is 5.97 Å². The second-order valence-corrected chi connectivity index (χ2v) is 5.91. The minimum absolute atomic E-state index is 0.0417. The molecule has 1 unspecified atom stereocenters. The molecule has 0 spiro atoms. The number of aliphatic imine (C=N–C) groups is 1. The highest BCUT2D eigenvalue weighted by Crippen LogP contribution is 2.35. The zero-order valence-electron chi connectivity index (χ0n) is 14.4. The van der Waals surface area contributed by atoms with E-state index in [0.29, 0.717) is 22.5 Å². The Hall–Kier alpha value is -3.76. The Morgan fingerprint density at radius 3 is 2.44 bits per heavy atom. The van der Waals surface area contributed by atoms with E-state index in [0.717, 1.165) is 5.56 Å². The number of carboxylic acids is 1. The third-order valence-corrected chi connectivity index (χ3v) is 4.19. The molecule has 0 fully saturated rings. The molecule has 1 N–H and O–H groups in total. The summed E-state index contributed by atoms with van der Waals surface area (Å²) in [7, 11) is 0. The number of rotatable bonds is 6. The summed E-state index contributed by atoms with van der Waals surface area (Å²) >= 11 is 0. The first-order chi connectivity index (χ1) is 13.0. The predicted octanol–water partition coefficient (Wildman–Crippen LogP) is 4.33. The number of benzene rings is 2. The molecule has 6 heteroatoms. The largest absolute Gasteiger partial charge is 0.481 e. The van der Waals surface area contributed by atoms with Crippen LogP contribution in [-0.4, -0.2) is 22.9 Å². The lowest BCUT2D eigenvalue weighted by Gasteiger charge is -2.12. The van der Waals surface area contributed by atoms with Gasteiger partial charge in [-0.05, 0) is 24.6 Å². The van der Waals surface area contributed by atoms with E-state index in [1.54, 1.807) is 54.6 Å². The average molecular weight is 361 g/mol. The molecule has 0 saturated heterocycles. The van der Waals surface area contributed by atoms with E-state index in [4.69, 9.17) is 4.42 Å². The molecule has 134 valence electrons. The van der Waals surface area contributed by atoms with Crippen LogP contribution in [0.2, 0.25) is 0 Å². The van der Waals surface area contributed by atoms with Crippen molar-refractivity contribution in [2.75, 3.05) is 0 Å². The Bertz CT molecular complexity index is 1040. The molecular formula is C21H15NO5. The van der Waals surface area contributed by atoms with Crippen LogP contribution in [0.1, 0.15) is 34.3 Å². The van der Waals surface area contributed by atoms with Crippen molar-refractivity contribution in [2.24, 2.45) is 4.99 Å². The molecule has 6 nitrogen and oxygen atoms in total. The van der Waals surface area contributed by atoms with Crippen molar-refractivity contribution in [3.05, 3.63) is 77.6 Å². The van der Waals surface area contributed by atoms with Gasteiger partial charge in [-0.25, -0.2) is 4.79 Å². The Morgan fingerprint density at radius 2 is 1.81 bits per heavy atom. The standard InChI is InChI=1S/C21H15NO5/c1-13(24)14-6-8-15(9-7-14)19-10-16(11-27-19)20(21(25)26)17-4-2-3-5-18(17)22-12-23/h2-11,20H,1H3,(H,25,26). The molecule has 27 heavy (non-hydrogen) atoms. The van der Waals surface area contributed by atoms with E-state index in [1.165, 1.54) is 19.3 Å². The number of carbonyl (C=O) groups excluding carboxylic acids is 2. The van der Waals surface area contributed by atoms with Crippen LogP contribution in [0.15, 0.2) is 70.3 Å². The molecule has 2 aromatic carbocycles. The van der Waals surface area contributed by atoms with Gasteiger partial charge in [0.1, 0.15) is 11.7 Å². The molecule has 0 saturated carbocycles. The average Bonchev–Trinajstić information content (AvgIpc) is 3.13. The van der Waals surface area contributed by atoms with E-state index in [1.807, 2.05) is 0 Å². The van der Waals surface area contributed by atoms with Gasteiger partial charge in [0.15, 0.2) is 5.78 Å². The Kier molecular flexibility index (Phi) is 5.11. The first kappa shape index (κ1) is 18.0. The molecule has 0 aliphatic rings. The predicted molar refractivity (Wildman–Crippen MR) is 97.9 cm³/mol. The van der Waals surface area contributed by atoms with Gasteiger partial charge in [0.25, 0.3) is 0 Å². The van der Waals surface area contributed by atoms with Crippen LogP contribution in [0.25, 0.3) is 11.3 Å². The minimum Gasteiger partial charge on any atom is -0.481 e. The summed E-state index contributed by atoms with van der Waals surface area (Å²) in [4.78, 5) is 37.5. The zero-order valence-corrected chi connectivity index (χ0v) is 14.4. The molecule has 3 aromatic rings. The first-order valence-electron chi connectivity index (χ1n) is 8.10. The number of Topliss-reactive ketones (excluding diaryl/α,β-unsaturated/α-hetero) is 1. The summed E-state index contributed by atoms with van der Waals surface area (Å²) in [6.07, 6.45) is 2.82. The number of furan rings is 1. The second kappa shape index (κ2) is 7.64. The van der Waals surface area contributed by atoms with E-state index < -0.39 is 11.9 Å². The van der Waals surface area contributed by atoms with Crippen molar-refractivity contribution >= 4 is 23.5 Å². The number of nitrogens with zero attached hydrogens (tertiary/aromatic N) is 1. The van der Waals surface area contributed by atoms with E-state index in [2.05, 4.69) is 4.99 Å². The van der Waals surface area contributed by atoms with Crippen molar-refractivity contribution in [3.8, 4) is 11.3 Å². The summed E-state index contributed by atoms with van der Waals surface area (Å²) < 4.78 is 5.55. The quantitative estimate of drug-likeness (QED) is 0.400. The SMILES string of the molecule is CC(=O)c1ccc(-c2cc(C(C(=O)O)c3ccccc3N=C=O)co2)cc1. The molecule has 0 aliphatic carbocycles. The summed E-state index contributed by atoms with van der Waals surface area (Å²) in [6.45, 7) is 1.48. The highest BCUT2D eigenvalue weighted by molar-refractivity contribution is 5.94. The Balaban J connectivity index is 2.01. The normalized spacial score (nSPS) is 11.4. The van der Waals surface area contributed by atoms with Crippen LogP contribution in [0.3, 0.4) is 0 Å². The maximum atomic E-state index is 11.9. The second-order valence-electron chi connectivity index (χ2n) is 5.91. The van der Waals surface area contributed by atoms with Crippen molar-refractivity contribution in [3.63, 3.8) is 0 Å². The molecule has 1 heterocycles. The van der Waals surface area contributed by atoms with E-state index in [9.17, 15) is 19.5 Å². The molecule has 1 atom stereocenters. The van der Waals surface area contributed by atoms with Gasteiger partial charge in [-0.1, -0.05) is 42.5 Å². The van der Waals surface area contributed by atoms with Gasteiger partial charge in [0.05, 0.1) is 12.0 Å². The fourth-order valence-corrected chi connectivity index (χ4v) is 2.86. The molecule has 0 bridgehead atoms. The van der Waals surface area contributed by atoms with Crippen molar-refractivity contribution < 1.29 is 23.9 Å². The number of para-hydroxylation sites is 1. The van der Waals surface area contributed by atoms with Crippen molar-refractivity contribution in [1.82, 2.24) is 0 Å². The number of carboxylic acid groups (broad SMARTS) is 1. The molecule has 3 rings (SSSR count). The van der Waals surface area contributed by atoms with Crippen LogP contribution in [0.5, 0.6) is 0 Å². The summed E-state index contributed by atoms with van der Waals surface area (Å²) in [5, 5.41) is 9.73. The van der Waals surface area contributed by atoms with Crippen LogP contribution < -0.4 is 0 Å². The van der Waals surface area contributed by atoms with Crippen LogP contribution in [-0.2, 0) is 9.59 Å². The fraction of sp³-hybridized carbons (Fsp3) is 0.0952. The van der Waals surface area contributed by atoms with Gasteiger partial charge < -0.3 is 9.52 Å². The van der Waals surface area contributed by atoms with Gasteiger partial charge in [-0.2, -0.15) is 4.99 Å². The van der Waals surface area contributed by atoms with Crippen molar-refractivity contribution in [2.45, 2.75) is 12.8 Å². The third-order valence-electron chi connectivity index (χ3n) is 4.19. The summed E-state index contributed by atoms with van der Waals surface area (Å²) in [6, 6.07) is 15.0. The van der Waals surface area contributed by atoms with Crippen LogP contribution in [0, 0.1) is 0 Å². The lowest BCUT2D eigenvalue weighted by atomic mass is 9.91. The number of carbonyl (C=O) groups is 2. The molecule has 0 aliphatic heterocycles. The van der Waals surface area contributed by atoms with E-state index in [-0.39, 0.29) is 11.5 Å². The lowest BCUT2D eigenvalue weighted by molar-refractivity contribution is -0.137. The summed E-state index contributed by atoms with van der Waals surface area (Å²) in [5.41, 5.74) is 2.33. The van der Waals surface area contributed by atoms with Crippen LogP contribution >= 0.6 is 0 Å². The number of isocyanates is 1. The van der Waals surface area contributed by atoms with Gasteiger partial charge in [0, 0.05) is 16.7 Å². The first-order valence-corrected chi connectivity index (χ1v) is 8.10.